The lowest BCUT2D eigenvalue weighted by Gasteiger charge is -2.32. The van der Waals surface area contributed by atoms with Crippen LogP contribution in [0.1, 0.15) is 37.7 Å². The normalized spacial score (nSPS) is 20.8. The minimum absolute atomic E-state index is 0.0705. The molecule has 1 unspecified atom stereocenters. The van der Waals surface area contributed by atoms with Crippen molar-refractivity contribution in [3.8, 4) is 11.5 Å². The van der Waals surface area contributed by atoms with Crippen LogP contribution in [0.25, 0.3) is 16.0 Å². The maximum Gasteiger partial charge on any atom is 0.301 e. The summed E-state index contributed by atoms with van der Waals surface area (Å²) in [4.78, 5) is 32.9. The Morgan fingerprint density at radius 1 is 1.00 bits per heavy atom. The second-order valence-corrected chi connectivity index (χ2v) is 9.68. The molecule has 34 heavy (non-hydrogen) atoms. The molecule has 2 aliphatic rings. The molecule has 2 fully saturated rings. The van der Waals surface area contributed by atoms with Gasteiger partial charge in [-0.1, -0.05) is 30.6 Å². The highest BCUT2D eigenvalue weighted by Gasteiger charge is 2.50. The van der Waals surface area contributed by atoms with Gasteiger partial charge in [0.25, 0.3) is 5.78 Å². The molecule has 0 bridgehead atoms. The number of carbonyl (C=O) groups excluding carboxylic acids is 2. The maximum atomic E-state index is 13.4. The van der Waals surface area contributed by atoms with Crippen LogP contribution in [0, 0.1) is 5.92 Å². The predicted octanol–water partition coefficient (Wildman–Crippen LogP) is 5.15. The third kappa shape index (κ3) is 3.81. The number of aromatic nitrogens is 1. The molecule has 1 amide bonds. The van der Waals surface area contributed by atoms with Crippen molar-refractivity contribution >= 4 is 44.1 Å². The lowest BCUT2D eigenvalue weighted by atomic mass is 9.80. The molecule has 2 heterocycles. The number of nitrogens with zero attached hydrogens (tertiary/aromatic N) is 2. The Bertz CT molecular complexity index is 1270. The van der Waals surface area contributed by atoms with E-state index in [0.29, 0.717) is 22.2 Å². The van der Waals surface area contributed by atoms with E-state index in [1.165, 1.54) is 16.2 Å². The Hall–Kier alpha value is -3.39. The molecule has 1 saturated heterocycles. The molecule has 1 N–H and O–H groups in total. The van der Waals surface area contributed by atoms with Gasteiger partial charge in [-0.3, -0.25) is 14.5 Å². The average molecular weight is 479 g/mol. The van der Waals surface area contributed by atoms with Gasteiger partial charge in [0.05, 0.1) is 36.1 Å². The lowest BCUT2D eigenvalue weighted by Crippen LogP contribution is -2.40. The standard InChI is InChI=1S/C26H26N2O5S/c1-32-17-10-8-16(9-11-17)23(29)21-22(15-6-4-3-5-7-15)28(25(31)24(21)30)26-27-19-13-12-18(33-2)14-20(19)34-26/h8-15,22,29H,3-7H2,1-2H3. The molecule has 2 aromatic carbocycles. The molecule has 0 radical (unpaired) electrons. The monoisotopic (exact) mass is 478 g/mol. The molecular formula is C26H26N2O5S. The van der Waals surface area contributed by atoms with E-state index in [4.69, 9.17) is 9.47 Å². The van der Waals surface area contributed by atoms with Gasteiger partial charge >= 0.3 is 5.91 Å². The van der Waals surface area contributed by atoms with Gasteiger partial charge in [0.1, 0.15) is 17.3 Å². The van der Waals surface area contributed by atoms with E-state index in [1.807, 2.05) is 18.2 Å². The molecule has 1 aliphatic heterocycles. The largest absolute Gasteiger partial charge is 0.507 e. The smallest absolute Gasteiger partial charge is 0.301 e. The van der Waals surface area contributed by atoms with Gasteiger partial charge in [0.2, 0.25) is 0 Å². The van der Waals surface area contributed by atoms with E-state index in [2.05, 4.69) is 4.98 Å². The third-order valence-electron chi connectivity index (χ3n) is 6.74. The predicted molar refractivity (Wildman–Crippen MR) is 132 cm³/mol. The number of ketones is 1. The number of Topliss-reactive ketones (excluding diaryl/α,β-unsaturated/α-hetero) is 1. The van der Waals surface area contributed by atoms with Crippen LogP contribution in [-0.2, 0) is 9.59 Å². The van der Waals surface area contributed by atoms with E-state index < -0.39 is 17.7 Å². The van der Waals surface area contributed by atoms with Gasteiger partial charge < -0.3 is 14.6 Å². The van der Waals surface area contributed by atoms with Crippen molar-refractivity contribution in [2.24, 2.45) is 5.92 Å². The highest BCUT2D eigenvalue weighted by atomic mass is 32.1. The van der Waals surface area contributed by atoms with Crippen LogP contribution in [0.2, 0.25) is 0 Å². The number of fused-ring (bicyclic) bond motifs is 1. The maximum absolute atomic E-state index is 13.4. The fourth-order valence-corrected chi connectivity index (χ4v) is 6.02. The summed E-state index contributed by atoms with van der Waals surface area (Å²) < 4.78 is 11.4. The Morgan fingerprint density at radius 3 is 2.35 bits per heavy atom. The first-order chi connectivity index (χ1) is 16.5. The summed E-state index contributed by atoms with van der Waals surface area (Å²) in [6, 6.07) is 11.8. The summed E-state index contributed by atoms with van der Waals surface area (Å²) in [5.74, 6) is -0.0424. The van der Waals surface area contributed by atoms with E-state index in [-0.39, 0.29) is 17.3 Å². The van der Waals surface area contributed by atoms with Gasteiger partial charge in [-0.25, -0.2) is 4.98 Å². The van der Waals surface area contributed by atoms with Crippen molar-refractivity contribution in [2.45, 2.75) is 38.1 Å². The summed E-state index contributed by atoms with van der Waals surface area (Å²) in [5.41, 5.74) is 1.38. The first kappa shape index (κ1) is 22.4. The first-order valence-corrected chi connectivity index (χ1v) is 12.2. The summed E-state index contributed by atoms with van der Waals surface area (Å²) in [6.45, 7) is 0. The molecule has 5 rings (SSSR count). The van der Waals surface area contributed by atoms with Crippen LogP contribution >= 0.6 is 11.3 Å². The zero-order chi connectivity index (χ0) is 23.8. The van der Waals surface area contributed by atoms with Gasteiger partial charge in [0.15, 0.2) is 5.13 Å². The van der Waals surface area contributed by atoms with Gasteiger partial charge in [-0.2, -0.15) is 0 Å². The van der Waals surface area contributed by atoms with Crippen LogP contribution in [0.15, 0.2) is 48.0 Å². The first-order valence-electron chi connectivity index (χ1n) is 11.4. The summed E-state index contributed by atoms with van der Waals surface area (Å²) >= 11 is 1.35. The number of rotatable bonds is 5. The van der Waals surface area contributed by atoms with Gasteiger partial charge in [-0.15, -0.1) is 0 Å². The molecule has 3 aromatic rings. The molecule has 1 aliphatic carbocycles. The second kappa shape index (κ2) is 9.10. The van der Waals surface area contributed by atoms with Crippen molar-refractivity contribution < 1.29 is 24.2 Å². The van der Waals surface area contributed by atoms with E-state index in [9.17, 15) is 14.7 Å². The Morgan fingerprint density at radius 2 is 1.68 bits per heavy atom. The Balaban J connectivity index is 1.63. The second-order valence-electron chi connectivity index (χ2n) is 8.67. The molecular weight excluding hydrogens is 452 g/mol. The molecule has 0 spiro atoms. The highest BCUT2D eigenvalue weighted by molar-refractivity contribution is 7.22. The van der Waals surface area contributed by atoms with Crippen LogP contribution in [0.4, 0.5) is 5.13 Å². The fourth-order valence-electron chi connectivity index (χ4n) is 4.99. The number of ether oxygens (including phenoxy) is 2. The molecule has 1 saturated carbocycles. The van der Waals surface area contributed by atoms with Crippen molar-refractivity contribution in [3.63, 3.8) is 0 Å². The lowest BCUT2D eigenvalue weighted by molar-refractivity contribution is -0.132. The Kier molecular flexibility index (Phi) is 6.00. The number of methoxy groups -OCH3 is 2. The van der Waals surface area contributed by atoms with Gasteiger partial charge in [0, 0.05) is 5.56 Å². The fraction of sp³-hybridized carbons (Fsp3) is 0.346. The number of aliphatic hydroxyl groups excluding tert-OH is 1. The molecule has 1 atom stereocenters. The topological polar surface area (TPSA) is 89.0 Å². The zero-order valence-electron chi connectivity index (χ0n) is 19.1. The quantitative estimate of drug-likeness (QED) is 0.310. The van der Waals surface area contributed by atoms with E-state index in [0.717, 1.165) is 42.3 Å². The number of thiazole rings is 1. The van der Waals surface area contributed by atoms with Crippen LogP contribution in [0.5, 0.6) is 11.5 Å². The minimum Gasteiger partial charge on any atom is -0.507 e. The van der Waals surface area contributed by atoms with Crippen LogP contribution in [0.3, 0.4) is 0 Å². The number of hydrogen-bond acceptors (Lipinski definition) is 7. The number of hydrogen-bond donors (Lipinski definition) is 1. The number of benzene rings is 2. The highest BCUT2D eigenvalue weighted by Crippen LogP contribution is 2.43. The molecule has 1 aromatic heterocycles. The number of carbonyl (C=O) groups is 2. The van der Waals surface area contributed by atoms with Crippen LogP contribution in [-0.4, -0.2) is 42.0 Å². The van der Waals surface area contributed by atoms with Crippen molar-refractivity contribution in [1.29, 1.82) is 0 Å². The minimum atomic E-state index is -0.666. The summed E-state index contributed by atoms with van der Waals surface area (Å²) in [7, 11) is 3.17. The number of amides is 1. The summed E-state index contributed by atoms with van der Waals surface area (Å²) in [6.07, 6.45) is 4.98. The van der Waals surface area contributed by atoms with Crippen molar-refractivity contribution in [1.82, 2.24) is 4.98 Å². The number of anilines is 1. The number of aliphatic hydroxyl groups is 1. The van der Waals surface area contributed by atoms with Crippen LogP contribution < -0.4 is 14.4 Å². The van der Waals surface area contributed by atoms with Crippen molar-refractivity contribution in [3.05, 3.63) is 53.6 Å². The van der Waals surface area contributed by atoms with Gasteiger partial charge in [-0.05, 0) is 61.2 Å². The van der Waals surface area contributed by atoms with E-state index >= 15 is 0 Å². The third-order valence-corrected chi connectivity index (χ3v) is 7.75. The summed E-state index contributed by atoms with van der Waals surface area (Å²) in [5, 5.41) is 11.7. The Labute approximate surface area is 201 Å². The van der Waals surface area contributed by atoms with Crippen molar-refractivity contribution in [2.75, 3.05) is 19.1 Å². The molecule has 7 nitrogen and oxygen atoms in total. The van der Waals surface area contributed by atoms with E-state index in [1.54, 1.807) is 38.5 Å². The zero-order valence-corrected chi connectivity index (χ0v) is 19.9. The molecule has 176 valence electrons. The molecule has 8 heteroatoms. The SMILES string of the molecule is COc1ccc(C(O)=C2C(=O)C(=O)N(c3nc4ccc(OC)cc4s3)C2C2CCCCC2)cc1. The average Bonchev–Trinajstić information content (AvgIpc) is 3.41.